The molecule has 1 atom stereocenters. The lowest BCUT2D eigenvalue weighted by Crippen LogP contribution is -2.33. The molecule has 1 N–H and O–H groups in total. The van der Waals surface area contributed by atoms with Crippen molar-refractivity contribution in [2.45, 2.75) is 31.3 Å². The van der Waals surface area contributed by atoms with Crippen molar-refractivity contribution in [3.8, 4) is 0 Å². The molecule has 1 fully saturated rings. The average Bonchev–Trinajstić information content (AvgIpc) is 3.49. The van der Waals surface area contributed by atoms with E-state index in [2.05, 4.69) is 15.5 Å². The first-order valence-corrected chi connectivity index (χ1v) is 12.4. The van der Waals surface area contributed by atoms with Crippen LogP contribution in [0.15, 0.2) is 93.2 Å². The normalized spacial score (nSPS) is 17.5. The van der Waals surface area contributed by atoms with Crippen molar-refractivity contribution in [1.82, 2.24) is 4.90 Å². The number of anilines is 1. The number of carbonyl (C=O) groups is 2. The fourth-order valence-electron chi connectivity index (χ4n) is 3.59. The topological polar surface area (TPSA) is 87.3 Å². The van der Waals surface area contributed by atoms with Crippen molar-refractivity contribution in [1.29, 1.82) is 0 Å². The molecule has 1 aliphatic rings. The van der Waals surface area contributed by atoms with Crippen LogP contribution in [-0.4, -0.2) is 33.3 Å². The summed E-state index contributed by atoms with van der Waals surface area (Å²) in [5, 5.41) is 10.2. The number of rotatable bonds is 8. The van der Waals surface area contributed by atoms with Gasteiger partial charge >= 0.3 is 6.18 Å². The molecule has 2 aromatic carbocycles. The standard InChI is InChI=1S/C27H23F3N4O3S/c1-18(13-19-7-3-2-4-8-19)16-31-33-26-34(17-22-11-6-12-37-22)25(36)23(38-26)15-24(35)32-21-10-5-9-20(14-21)27(28,29)30/h2-14,16,23H,15,17H2,1H3,(H,32,35)/b18-13-,31-16+,33-26-. The molecule has 1 unspecified atom stereocenters. The molecule has 1 aliphatic heterocycles. The van der Waals surface area contributed by atoms with Crippen LogP contribution in [0.5, 0.6) is 0 Å². The second-order valence-corrected chi connectivity index (χ2v) is 9.54. The van der Waals surface area contributed by atoms with Gasteiger partial charge in [0.15, 0.2) is 5.17 Å². The lowest BCUT2D eigenvalue weighted by Gasteiger charge is -2.14. The van der Waals surface area contributed by atoms with Gasteiger partial charge in [0.2, 0.25) is 11.8 Å². The number of allylic oxidation sites excluding steroid dienone is 1. The van der Waals surface area contributed by atoms with Gasteiger partial charge in [-0.1, -0.05) is 54.2 Å². The van der Waals surface area contributed by atoms with Crippen molar-refractivity contribution < 1.29 is 27.2 Å². The van der Waals surface area contributed by atoms with Crippen molar-refractivity contribution >= 4 is 46.7 Å². The van der Waals surface area contributed by atoms with Crippen molar-refractivity contribution in [2.24, 2.45) is 10.2 Å². The number of nitrogens with zero attached hydrogens (tertiary/aromatic N) is 3. The summed E-state index contributed by atoms with van der Waals surface area (Å²) in [6.45, 7) is 1.96. The lowest BCUT2D eigenvalue weighted by atomic mass is 10.1. The minimum atomic E-state index is -4.54. The molecule has 4 rings (SSSR count). The average molecular weight is 541 g/mol. The van der Waals surface area contributed by atoms with E-state index in [1.165, 1.54) is 23.3 Å². The zero-order valence-corrected chi connectivity index (χ0v) is 21.0. The fourth-order valence-corrected chi connectivity index (χ4v) is 4.69. The van der Waals surface area contributed by atoms with Crippen LogP contribution < -0.4 is 5.32 Å². The predicted molar refractivity (Wildman–Crippen MR) is 141 cm³/mol. The third kappa shape index (κ3) is 7.22. The van der Waals surface area contributed by atoms with Gasteiger partial charge in [-0.3, -0.25) is 14.5 Å². The molecule has 1 saturated heterocycles. The molecular weight excluding hydrogens is 517 g/mol. The Labute approximate surface area is 221 Å². The smallest absolute Gasteiger partial charge is 0.416 e. The van der Waals surface area contributed by atoms with Gasteiger partial charge in [-0.15, -0.1) is 5.10 Å². The summed E-state index contributed by atoms with van der Waals surface area (Å²) in [5.41, 5.74) is 0.951. The Hall–Kier alpha value is -4.12. The Morgan fingerprint density at radius 2 is 1.92 bits per heavy atom. The number of nitrogens with one attached hydrogen (secondary N) is 1. The van der Waals surface area contributed by atoms with Gasteiger partial charge in [0.05, 0.1) is 24.6 Å². The number of carbonyl (C=O) groups excluding carboxylic acids is 2. The van der Waals surface area contributed by atoms with Gasteiger partial charge in [0, 0.05) is 12.1 Å². The summed E-state index contributed by atoms with van der Waals surface area (Å²) in [6.07, 6.45) is 0.173. The van der Waals surface area contributed by atoms with Crippen LogP contribution in [0.2, 0.25) is 0 Å². The van der Waals surface area contributed by atoms with Gasteiger partial charge in [-0.05, 0) is 48.4 Å². The molecule has 1 aromatic heterocycles. The Morgan fingerprint density at radius 3 is 2.63 bits per heavy atom. The second kappa shape index (κ2) is 12.0. The van der Waals surface area contributed by atoms with Crippen LogP contribution in [0.1, 0.15) is 30.2 Å². The van der Waals surface area contributed by atoms with Gasteiger partial charge in [0.1, 0.15) is 11.0 Å². The maximum absolute atomic E-state index is 13.1. The van der Waals surface area contributed by atoms with E-state index in [0.717, 1.165) is 35.0 Å². The number of amidine groups is 1. The van der Waals surface area contributed by atoms with E-state index in [-0.39, 0.29) is 29.7 Å². The molecular formula is C27H23F3N4O3S. The Bertz CT molecular complexity index is 1370. The second-order valence-electron chi connectivity index (χ2n) is 8.37. The van der Waals surface area contributed by atoms with Crippen LogP contribution in [0.3, 0.4) is 0 Å². The first-order valence-electron chi connectivity index (χ1n) is 11.5. The maximum atomic E-state index is 13.1. The number of hydrogen-bond acceptors (Lipinski definition) is 6. The highest BCUT2D eigenvalue weighted by Gasteiger charge is 2.40. The molecule has 0 spiro atoms. The fraction of sp³-hybridized carbons (Fsp3) is 0.185. The molecule has 0 radical (unpaired) electrons. The molecule has 11 heteroatoms. The van der Waals surface area contributed by atoms with E-state index in [0.29, 0.717) is 5.76 Å². The summed E-state index contributed by atoms with van der Waals surface area (Å²) in [5.74, 6) is -0.458. The summed E-state index contributed by atoms with van der Waals surface area (Å²) >= 11 is 1.06. The minimum absolute atomic E-state index is 0.00752. The largest absolute Gasteiger partial charge is 0.467 e. The van der Waals surface area contributed by atoms with E-state index >= 15 is 0 Å². The number of amides is 2. The molecule has 38 heavy (non-hydrogen) atoms. The van der Waals surface area contributed by atoms with Crippen LogP contribution in [-0.2, 0) is 22.3 Å². The molecule has 2 heterocycles. The zero-order valence-electron chi connectivity index (χ0n) is 20.2. The maximum Gasteiger partial charge on any atom is 0.416 e. The number of benzene rings is 2. The quantitative estimate of drug-likeness (QED) is 0.272. The Kier molecular flexibility index (Phi) is 8.47. The highest BCUT2D eigenvalue weighted by Crippen LogP contribution is 2.33. The number of hydrogen-bond donors (Lipinski definition) is 1. The number of halogens is 3. The van der Waals surface area contributed by atoms with Gasteiger partial charge < -0.3 is 9.73 Å². The zero-order chi connectivity index (χ0) is 27.1. The molecule has 0 aliphatic carbocycles. The Morgan fingerprint density at radius 1 is 1.13 bits per heavy atom. The molecule has 196 valence electrons. The van der Waals surface area contributed by atoms with E-state index in [9.17, 15) is 22.8 Å². The lowest BCUT2D eigenvalue weighted by molar-refractivity contribution is -0.137. The van der Waals surface area contributed by atoms with Crippen LogP contribution in [0.4, 0.5) is 18.9 Å². The van der Waals surface area contributed by atoms with Gasteiger partial charge in [-0.25, -0.2) is 0 Å². The van der Waals surface area contributed by atoms with Crippen molar-refractivity contribution in [3.63, 3.8) is 0 Å². The van der Waals surface area contributed by atoms with Gasteiger partial charge in [-0.2, -0.15) is 18.3 Å². The summed E-state index contributed by atoms with van der Waals surface area (Å²) in [4.78, 5) is 27.1. The third-order valence-corrected chi connectivity index (χ3v) is 6.52. The molecule has 3 aromatic rings. The van der Waals surface area contributed by atoms with Crippen molar-refractivity contribution in [2.75, 3.05) is 5.32 Å². The third-order valence-electron chi connectivity index (χ3n) is 5.36. The van der Waals surface area contributed by atoms with Gasteiger partial charge in [0.25, 0.3) is 0 Å². The predicted octanol–water partition coefficient (Wildman–Crippen LogP) is 6.22. The van der Waals surface area contributed by atoms with Crippen molar-refractivity contribution in [3.05, 3.63) is 95.5 Å². The number of alkyl halides is 3. The SMILES string of the molecule is CC(=C/c1ccccc1)/C=N/N=C1\SC(CC(=O)Nc2cccc(C(F)(F)F)c2)C(=O)N1Cc1ccco1. The van der Waals surface area contributed by atoms with E-state index in [1.807, 2.05) is 43.3 Å². The van der Waals surface area contributed by atoms with Crippen LogP contribution in [0.25, 0.3) is 6.08 Å². The number of furan rings is 1. The van der Waals surface area contributed by atoms with E-state index in [1.54, 1.807) is 18.3 Å². The first kappa shape index (κ1) is 26.9. The van der Waals surface area contributed by atoms with E-state index in [4.69, 9.17) is 4.42 Å². The molecule has 2 amide bonds. The highest BCUT2D eigenvalue weighted by molar-refractivity contribution is 8.15. The molecule has 7 nitrogen and oxygen atoms in total. The first-order chi connectivity index (χ1) is 18.2. The highest BCUT2D eigenvalue weighted by atomic mass is 32.2. The Balaban J connectivity index is 1.47. The monoisotopic (exact) mass is 540 g/mol. The summed E-state index contributed by atoms with van der Waals surface area (Å²) in [6, 6.07) is 17.4. The number of thioether (sulfide) groups is 1. The minimum Gasteiger partial charge on any atom is -0.467 e. The summed E-state index contributed by atoms with van der Waals surface area (Å²) < 4.78 is 44.3. The molecule has 0 bridgehead atoms. The molecule has 0 saturated carbocycles. The van der Waals surface area contributed by atoms with Crippen LogP contribution >= 0.6 is 11.8 Å². The van der Waals surface area contributed by atoms with E-state index < -0.39 is 22.9 Å². The van der Waals surface area contributed by atoms with Crippen LogP contribution in [0, 0.1) is 0 Å². The summed E-state index contributed by atoms with van der Waals surface area (Å²) in [7, 11) is 0.